The summed E-state index contributed by atoms with van der Waals surface area (Å²) in [5.74, 6) is 0.880. The molecule has 0 radical (unpaired) electrons. The summed E-state index contributed by atoms with van der Waals surface area (Å²) in [5, 5.41) is 9.18. The van der Waals surface area contributed by atoms with Crippen LogP contribution in [0.1, 0.15) is 25.7 Å². The average molecular weight is 247 g/mol. The molecule has 0 unspecified atom stereocenters. The van der Waals surface area contributed by atoms with E-state index in [1.165, 1.54) is 0 Å². The lowest BCUT2D eigenvalue weighted by atomic mass is 10.0. The number of fused-ring (bicyclic) bond motifs is 2. The molecular weight excluding hydrogens is 230 g/mol. The molecule has 96 valence electrons. The number of piperidine rings is 1. The van der Waals surface area contributed by atoms with Gasteiger partial charge in [-0.1, -0.05) is 18.2 Å². The van der Waals surface area contributed by atoms with E-state index in [0.717, 1.165) is 31.4 Å². The van der Waals surface area contributed by atoms with Gasteiger partial charge in [0.25, 0.3) is 0 Å². The van der Waals surface area contributed by atoms with Crippen LogP contribution in [-0.2, 0) is 0 Å². The van der Waals surface area contributed by atoms with Crippen LogP contribution in [0.25, 0.3) is 0 Å². The smallest absolute Gasteiger partial charge is 0.407 e. The average Bonchev–Trinajstić information content (AvgIpc) is 2.63. The van der Waals surface area contributed by atoms with Crippen molar-refractivity contribution in [3.8, 4) is 5.75 Å². The molecule has 4 heteroatoms. The standard InChI is InChI=1S/C14H17NO3/c16-14(17)15-10-6-7-11(15)9-13(8-10)18-12-4-2-1-3-5-12/h1-5,10-11,13H,6-9H2,(H,16,17)/t10-,11+,13-. The lowest BCUT2D eigenvalue weighted by molar-refractivity contribution is 0.0496. The number of rotatable bonds is 2. The molecule has 4 nitrogen and oxygen atoms in total. The van der Waals surface area contributed by atoms with E-state index in [1.54, 1.807) is 4.90 Å². The Morgan fingerprint density at radius 2 is 1.78 bits per heavy atom. The molecule has 1 aromatic carbocycles. The summed E-state index contributed by atoms with van der Waals surface area (Å²) in [6.45, 7) is 0. The number of benzene rings is 1. The molecule has 2 bridgehead atoms. The SMILES string of the molecule is O=C(O)N1[C@@H]2CC[C@H]1C[C@H](Oc1ccccc1)C2. The summed E-state index contributed by atoms with van der Waals surface area (Å²) in [5.41, 5.74) is 0. The number of hydrogen-bond acceptors (Lipinski definition) is 2. The maximum absolute atomic E-state index is 11.2. The fourth-order valence-corrected chi connectivity index (χ4v) is 3.23. The van der Waals surface area contributed by atoms with E-state index in [9.17, 15) is 9.90 Å². The Kier molecular flexibility index (Phi) is 2.86. The molecule has 2 aliphatic rings. The van der Waals surface area contributed by atoms with Crippen LogP contribution in [0.15, 0.2) is 30.3 Å². The minimum absolute atomic E-state index is 0.148. The first-order valence-corrected chi connectivity index (χ1v) is 6.47. The third-order valence-electron chi connectivity index (χ3n) is 3.96. The summed E-state index contributed by atoms with van der Waals surface area (Å²) in [4.78, 5) is 12.8. The zero-order valence-electron chi connectivity index (χ0n) is 10.2. The van der Waals surface area contributed by atoms with E-state index in [-0.39, 0.29) is 18.2 Å². The Labute approximate surface area is 106 Å². The fraction of sp³-hybridized carbons (Fsp3) is 0.500. The van der Waals surface area contributed by atoms with E-state index < -0.39 is 6.09 Å². The molecule has 2 fully saturated rings. The van der Waals surface area contributed by atoms with Crippen molar-refractivity contribution in [1.82, 2.24) is 4.90 Å². The molecule has 2 saturated heterocycles. The van der Waals surface area contributed by atoms with Gasteiger partial charge in [0.05, 0.1) is 0 Å². The van der Waals surface area contributed by atoms with E-state index in [1.807, 2.05) is 30.3 Å². The third-order valence-corrected chi connectivity index (χ3v) is 3.96. The van der Waals surface area contributed by atoms with Crippen molar-refractivity contribution < 1.29 is 14.6 Å². The number of hydrogen-bond donors (Lipinski definition) is 1. The number of carbonyl (C=O) groups is 1. The third kappa shape index (κ3) is 2.03. The van der Waals surface area contributed by atoms with Gasteiger partial charge in [0, 0.05) is 24.9 Å². The minimum atomic E-state index is -0.777. The van der Waals surface area contributed by atoms with Crippen molar-refractivity contribution in [1.29, 1.82) is 0 Å². The largest absolute Gasteiger partial charge is 0.490 e. The van der Waals surface area contributed by atoms with Crippen molar-refractivity contribution >= 4 is 6.09 Å². The van der Waals surface area contributed by atoms with Crippen molar-refractivity contribution in [3.05, 3.63) is 30.3 Å². The van der Waals surface area contributed by atoms with Crippen LogP contribution >= 0.6 is 0 Å². The van der Waals surface area contributed by atoms with Crippen LogP contribution < -0.4 is 4.74 Å². The van der Waals surface area contributed by atoms with Gasteiger partial charge >= 0.3 is 6.09 Å². The Bertz CT molecular complexity index is 420. The van der Waals surface area contributed by atoms with Crippen LogP contribution in [0.2, 0.25) is 0 Å². The van der Waals surface area contributed by atoms with Gasteiger partial charge in [-0.25, -0.2) is 4.79 Å². The Hall–Kier alpha value is -1.71. The highest BCUT2D eigenvalue weighted by atomic mass is 16.5. The molecule has 3 atom stereocenters. The summed E-state index contributed by atoms with van der Waals surface area (Å²) in [7, 11) is 0. The van der Waals surface area contributed by atoms with Crippen molar-refractivity contribution in [3.63, 3.8) is 0 Å². The molecule has 1 amide bonds. The zero-order valence-corrected chi connectivity index (χ0v) is 10.2. The summed E-state index contributed by atoms with van der Waals surface area (Å²) in [6, 6.07) is 10.1. The molecule has 3 rings (SSSR count). The van der Waals surface area contributed by atoms with Gasteiger partial charge in [0.15, 0.2) is 0 Å². The van der Waals surface area contributed by atoms with Gasteiger partial charge in [0.1, 0.15) is 11.9 Å². The normalized spacial score (nSPS) is 30.2. The predicted molar refractivity (Wildman–Crippen MR) is 66.8 cm³/mol. The zero-order chi connectivity index (χ0) is 12.5. The van der Waals surface area contributed by atoms with Gasteiger partial charge in [-0.05, 0) is 25.0 Å². The summed E-state index contributed by atoms with van der Waals surface area (Å²) < 4.78 is 5.94. The maximum Gasteiger partial charge on any atom is 0.407 e. The van der Waals surface area contributed by atoms with E-state index in [4.69, 9.17) is 4.74 Å². The molecule has 0 aromatic heterocycles. The van der Waals surface area contributed by atoms with Crippen molar-refractivity contribution in [2.45, 2.75) is 43.9 Å². The van der Waals surface area contributed by atoms with Crippen molar-refractivity contribution in [2.75, 3.05) is 0 Å². The van der Waals surface area contributed by atoms with Gasteiger partial charge < -0.3 is 14.7 Å². The van der Waals surface area contributed by atoms with Gasteiger partial charge in [-0.2, -0.15) is 0 Å². The molecule has 18 heavy (non-hydrogen) atoms. The number of ether oxygens (including phenoxy) is 1. The molecule has 0 spiro atoms. The van der Waals surface area contributed by atoms with Gasteiger partial charge in [-0.15, -0.1) is 0 Å². The second-order valence-electron chi connectivity index (χ2n) is 5.10. The van der Waals surface area contributed by atoms with Crippen LogP contribution in [0.3, 0.4) is 0 Å². The molecule has 1 N–H and O–H groups in total. The highest BCUT2D eigenvalue weighted by Crippen LogP contribution is 2.37. The summed E-state index contributed by atoms with van der Waals surface area (Å²) in [6.07, 6.45) is 2.97. The van der Waals surface area contributed by atoms with Gasteiger partial charge in [-0.3, -0.25) is 0 Å². The second kappa shape index (κ2) is 4.52. The molecule has 0 aliphatic carbocycles. The fourth-order valence-electron chi connectivity index (χ4n) is 3.23. The van der Waals surface area contributed by atoms with E-state index in [2.05, 4.69) is 0 Å². The highest BCUT2D eigenvalue weighted by Gasteiger charge is 2.44. The Balaban J connectivity index is 1.67. The first kappa shape index (κ1) is 11.4. The number of para-hydroxylation sites is 1. The van der Waals surface area contributed by atoms with Crippen LogP contribution in [0.5, 0.6) is 5.75 Å². The van der Waals surface area contributed by atoms with Crippen LogP contribution in [-0.4, -0.2) is 34.3 Å². The second-order valence-corrected chi connectivity index (χ2v) is 5.10. The van der Waals surface area contributed by atoms with E-state index >= 15 is 0 Å². The van der Waals surface area contributed by atoms with Gasteiger partial charge in [0.2, 0.25) is 0 Å². The predicted octanol–water partition coefficient (Wildman–Crippen LogP) is 2.74. The summed E-state index contributed by atoms with van der Waals surface area (Å²) >= 11 is 0. The molecular formula is C14H17NO3. The van der Waals surface area contributed by atoms with Crippen LogP contribution in [0, 0.1) is 0 Å². The Morgan fingerprint density at radius 3 is 2.33 bits per heavy atom. The first-order chi connectivity index (χ1) is 8.74. The minimum Gasteiger partial charge on any atom is -0.490 e. The quantitative estimate of drug-likeness (QED) is 0.874. The monoisotopic (exact) mass is 247 g/mol. The number of amides is 1. The van der Waals surface area contributed by atoms with Crippen molar-refractivity contribution in [2.24, 2.45) is 0 Å². The lowest BCUT2D eigenvalue weighted by Gasteiger charge is -2.37. The Morgan fingerprint density at radius 1 is 1.17 bits per heavy atom. The first-order valence-electron chi connectivity index (χ1n) is 6.47. The molecule has 2 heterocycles. The molecule has 2 aliphatic heterocycles. The number of nitrogens with zero attached hydrogens (tertiary/aromatic N) is 1. The molecule has 0 saturated carbocycles. The maximum atomic E-state index is 11.2. The van der Waals surface area contributed by atoms with E-state index in [0.29, 0.717) is 0 Å². The number of carboxylic acid groups (broad SMARTS) is 1. The topological polar surface area (TPSA) is 49.8 Å². The van der Waals surface area contributed by atoms with Crippen LogP contribution in [0.4, 0.5) is 4.79 Å². The lowest BCUT2D eigenvalue weighted by Crippen LogP contribution is -2.48. The highest BCUT2D eigenvalue weighted by molar-refractivity contribution is 5.66. The molecule has 1 aromatic rings.